The van der Waals surface area contributed by atoms with Gasteiger partial charge in [0.05, 0.1) is 11.5 Å². The van der Waals surface area contributed by atoms with Crippen molar-refractivity contribution in [2.24, 2.45) is 0 Å². The molecular formula is C14H17NO3S. The molecule has 2 aliphatic heterocycles. The Morgan fingerprint density at radius 2 is 2.16 bits per heavy atom. The van der Waals surface area contributed by atoms with Crippen molar-refractivity contribution in [3.05, 3.63) is 35.9 Å². The fourth-order valence-electron chi connectivity index (χ4n) is 2.50. The van der Waals surface area contributed by atoms with Gasteiger partial charge in [-0.25, -0.2) is 8.42 Å². The lowest BCUT2D eigenvalue weighted by atomic mass is 10.0. The summed E-state index contributed by atoms with van der Waals surface area (Å²) in [6, 6.07) is 5.18. The van der Waals surface area contributed by atoms with Gasteiger partial charge in [0.2, 0.25) is 10.0 Å². The van der Waals surface area contributed by atoms with Gasteiger partial charge < -0.3 is 4.74 Å². The zero-order valence-electron chi connectivity index (χ0n) is 10.9. The monoisotopic (exact) mass is 279 g/mol. The molecule has 2 heterocycles. The van der Waals surface area contributed by atoms with Gasteiger partial charge in [0.1, 0.15) is 5.75 Å². The lowest BCUT2D eigenvalue weighted by molar-refractivity contribution is 0.337. The van der Waals surface area contributed by atoms with Crippen LogP contribution in [0.15, 0.2) is 35.2 Å². The third kappa shape index (κ3) is 2.17. The smallest absolute Gasteiger partial charge is 0.243 e. The largest absolute Gasteiger partial charge is 0.493 e. The predicted octanol–water partition coefficient (Wildman–Crippen LogP) is 2.13. The van der Waals surface area contributed by atoms with E-state index in [0.29, 0.717) is 24.6 Å². The van der Waals surface area contributed by atoms with Gasteiger partial charge in [0, 0.05) is 24.6 Å². The van der Waals surface area contributed by atoms with Gasteiger partial charge in [0.25, 0.3) is 0 Å². The van der Waals surface area contributed by atoms with Crippen LogP contribution in [-0.2, 0) is 10.0 Å². The molecule has 1 atom stereocenters. The van der Waals surface area contributed by atoms with E-state index in [1.54, 1.807) is 18.2 Å². The molecule has 3 rings (SSSR count). The third-order valence-corrected chi connectivity index (χ3v) is 5.52. The topological polar surface area (TPSA) is 46.6 Å². The van der Waals surface area contributed by atoms with E-state index in [4.69, 9.17) is 4.74 Å². The first-order chi connectivity index (χ1) is 9.09. The minimum atomic E-state index is -3.38. The average Bonchev–Trinajstić information content (AvgIpc) is 2.81. The SMILES string of the molecule is CC1COc2ccc(S(=O)(=O)N3CC=CCC3)cc21. The quantitative estimate of drug-likeness (QED) is 0.779. The number of rotatable bonds is 2. The fourth-order valence-corrected chi connectivity index (χ4v) is 3.94. The normalized spacial score (nSPS) is 23.1. The van der Waals surface area contributed by atoms with Crippen LogP contribution in [0, 0.1) is 0 Å². The molecule has 1 aromatic carbocycles. The molecule has 0 fully saturated rings. The highest BCUT2D eigenvalue weighted by atomic mass is 32.2. The van der Waals surface area contributed by atoms with E-state index in [1.807, 2.05) is 19.1 Å². The minimum Gasteiger partial charge on any atom is -0.493 e. The first-order valence-electron chi connectivity index (χ1n) is 6.51. The maximum absolute atomic E-state index is 12.5. The second kappa shape index (κ2) is 4.65. The number of fused-ring (bicyclic) bond motifs is 1. The lowest BCUT2D eigenvalue weighted by Gasteiger charge is -2.23. The number of hydrogen-bond donors (Lipinski definition) is 0. The van der Waals surface area contributed by atoms with Gasteiger partial charge in [-0.15, -0.1) is 0 Å². The van der Waals surface area contributed by atoms with E-state index < -0.39 is 10.0 Å². The van der Waals surface area contributed by atoms with Crippen molar-refractivity contribution in [1.29, 1.82) is 0 Å². The summed E-state index contributed by atoms with van der Waals surface area (Å²) in [6.45, 7) is 3.70. The van der Waals surface area contributed by atoms with E-state index in [2.05, 4.69) is 0 Å². The molecule has 0 saturated heterocycles. The number of ether oxygens (including phenoxy) is 1. The van der Waals surface area contributed by atoms with E-state index >= 15 is 0 Å². The van der Waals surface area contributed by atoms with Gasteiger partial charge >= 0.3 is 0 Å². The molecule has 1 unspecified atom stereocenters. The Hall–Kier alpha value is -1.33. The Kier molecular flexibility index (Phi) is 3.11. The molecule has 5 heteroatoms. The lowest BCUT2D eigenvalue weighted by Crippen LogP contribution is -2.33. The van der Waals surface area contributed by atoms with Crippen LogP contribution in [0.2, 0.25) is 0 Å². The van der Waals surface area contributed by atoms with Crippen LogP contribution in [0.3, 0.4) is 0 Å². The fraction of sp³-hybridized carbons (Fsp3) is 0.429. The first kappa shape index (κ1) is 12.7. The maximum Gasteiger partial charge on any atom is 0.243 e. The zero-order chi connectivity index (χ0) is 13.5. The summed E-state index contributed by atoms with van der Waals surface area (Å²) in [7, 11) is -3.38. The number of sulfonamides is 1. The van der Waals surface area contributed by atoms with Crippen LogP contribution in [0.1, 0.15) is 24.8 Å². The van der Waals surface area contributed by atoms with Gasteiger partial charge in [-0.2, -0.15) is 4.31 Å². The molecular weight excluding hydrogens is 262 g/mol. The molecule has 0 bridgehead atoms. The summed E-state index contributed by atoms with van der Waals surface area (Å²) >= 11 is 0. The van der Waals surface area contributed by atoms with Crippen molar-refractivity contribution in [3.63, 3.8) is 0 Å². The molecule has 0 aromatic heterocycles. The Balaban J connectivity index is 1.98. The van der Waals surface area contributed by atoms with Crippen LogP contribution < -0.4 is 4.74 Å². The summed E-state index contributed by atoms with van der Waals surface area (Å²) < 4.78 is 32.1. The molecule has 4 nitrogen and oxygen atoms in total. The number of benzene rings is 1. The second-order valence-corrected chi connectivity index (χ2v) is 6.97. The highest BCUT2D eigenvalue weighted by Gasteiger charge is 2.27. The predicted molar refractivity (Wildman–Crippen MR) is 72.9 cm³/mol. The number of hydrogen-bond acceptors (Lipinski definition) is 3. The number of nitrogens with zero attached hydrogens (tertiary/aromatic N) is 1. The highest BCUT2D eigenvalue weighted by molar-refractivity contribution is 7.89. The van der Waals surface area contributed by atoms with E-state index in [-0.39, 0.29) is 5.92 Å². The van der Waals surface area contributed by atoms with E-state index in [1.165, 1.54) is 4.31 Å². The van der Waals surface area contributed by atoms with Gasteiger partial charge in [-0.05, 0) is 24.6 Å². The molecule has 0 saturated carbocycles. The average molecular weight is 279 g/mol. The van der Waals surface area contributed by atoms with Crippen LogP contribution in [0.4, 0.5) is 0 Å². The van der Waals surface area contributed by atoms with Gasteiger partial charge in [0.15, 0.2) is 0 Å². The van der Waals surface area contributed by atoms with Crippen LogP contribution >= 0.6 is 0 Å². The highest BCUT2D eigenvalue weighted by Crippen LogP contribution is 2.35. The van der Waals surface area contributed by atoms with Crippen molar-refractivity contribution in [2.75, 3.05) is 19.7 Å². The van der Waals surface area contributed by atoms with Crippen molar-refractivity contribution in [2.45, 2.75) is 24.2 Å². The summed E-state index contributed by atoms with van der Waals surface area (Å²) in [6.07, 6.45) is 4.70. The van der Waals surface area contributed by atoms with E-state index in [9.17, 15) is 8.42 Å². The zero-order valence-corrected chi connectivity index (χ0v) is 11.7. The summed E-state index contributed by atoms with van der Waals surface area (Å²) in [5, 5.41) is 0. The third-order valence-electron chi connectivity index (χ3n) is 3.66. The van der Waals surface area contributed by atoms with Crippen molar-refractivity contribution >= 4 is 10.0 Å². The van der Waals surface area contributed by atoms with Crippen molar-refractivity contribution in [3.8, 4) is 5.75 Å². The Labute approximate surface area is 113 Å². The summed E-state index contributed by atoms with van der Waals surface area (Å²) in [4.78, 5) is 0.374. The molecule has 1 aromatic rings. The Bertz CT molecular complexity index is 622. The first-order valence-corrected chi connectivity index (χ1v) is 7.95. The standard InChI is InChI=1S/C14H17NO3S/c1-11-10-18-14-6-5-12(9-13(11)14)19(16,17)15-7-3-2-4-8-15/h2-3,5-6,9,11H,4,7-8,10H2,1H3. The maximum atomic E-state index is 12.5. The molecule has 0 amide bonds. The Morgan fingerprint density at radius 3 is 2.89 bits per heavy atom. The van der Waals surface area contributed by atoms with Crippen molar-refractivity contribution < 1.29 is 13.2 Å². The minimum absolute atomic E-state index is 0.256. The second-order valence-electron chi connectivity index (χ2n) is 5.03. The van der Waals surface area contributed by atoms with Gasteiger partial charge in [-0.1, -0.05) is 19.1 Å². The molecule has 0 N–H and O–H groups in total. The molecule has 19 heavy (non-hydrogen) atoms. The summed E-state index contributed by atoms with van der Waals surface area (Å²) in [5.41, 5.74) is 0.994. The van der Waals surface area contributed by atoms with Crippen molar-refractivity contribution in [1.82, 2.24) is 4.31 Å². The van der Waals surface area contributed by atoms with Gasteiger partial charge in [-0.3, -0.25) is 0 Å². The summed E-state index contributed by atoms with van der Waals surface area (Å²) in [5.74, 6) is 1.07. The molecule has 0 aliphatic carbocycles. The molecule has 0 spiro atoms. The van der Waals surface area contributed by atoms with E-state index in [0.717, 1.165) is 17.7 Å². The van der Waals surface area contributed by atoms with Crippen LogP contribution in [-0.4, -0.2) is 32.4 Å². The molecule has 102 valence electrons. The van der Waals surface area contributed by atoms with Crippen LogP contribution in [0.5, 0.6) is 5.75 Å². The van der Waals surface area contributed by atoms with Crippen LogP contribution in [0.25, 0.3) is 0 Å². The molecule has 2 aliphatic rings. The Morgan fingerprint density at radius 1 is 1.32 bits per heavy atom. The molecule has 0 radical (unpaired) electrons.